The first-order valence-electron chi connectivity index (χ1n) is 8.26. The first-order valence-corrected chi connectivity index (χ1v) is 8.26. The van der Waals surface area contributed by atoms with Gasteiger partial charge in [0.05, 0.1) is 12.3 Å². The molecule has 0 unspecified atom stereocenters. The lowest BCUT2D eigenvalue weighted by Gasteiger charge is -2.13. The first-order chi connectivity index (χ1) is 12.2. The van der Waals surface area contributed by atoms with Gasteiger partial charge in [-0.05, 0) is 59.0 Å². The third kappa shape index (κ3) is 3.21. The Morgan fingerprint density at radius 3 is 2.64 bits per heavy atom. The highest BCUT2D eigenvalue weighted by Gasteiger charge is 2.19. The average molecular weight is 335 g/mol. The zero-order valence-corrected chi connectivity index (χ0v) is 13.6. The maximum Gasteiger partial charge on any atom is 0.130 e. The van der Waals surface area contributed by atoms with E-state index in [4.69, 9.17) is 9.94 Å². The van der Waals surface area contributed by atoms with Crippen molar-refractivity contribution in [2.24, 2.45) is 0 Å². The maximum atomic E-state index is 13.1. The molecule has 0 bridgehead atoms. The molecule has 0 atom stereocenters. The number of rotatable bonds is 4. The monoisotopic (exact) mass is 335 g/mol. The average Bonchev–Trinajstić information content (AvgIpc) is 3.11. The Bertz CT molecular complexity index is 906. The van der Waals surface area contributed by atoms with E-state index < -0.39 is 0 Å². The Labute approximate surface area is 145 Å². The van der Waals surface area contributed by atoms with Crippen LogP contribution in [-0.2, 0) is 12.8 Å². The molecule has 0 aliphatic carbocycles. The Balaban J connectivity index is 1.75. The normalized spacial score (nSPS) is 12.6. The van der Waals surface area contributed by atoms with Gasteiger partial charge in [0.15, 0.2) is 0 Å². The Hall–Kier alpha value is -2.85. The number of nitrogens with one attached hydrogen (secondary N) is 1. The molecule has 25 heavy (non-hydrogen) atoms. The van der Waals surface area contributed by atoms with E-state index in [1.165, 1.54) is 17.7 Å². The highest BCUT2D eigenvalue weighted by atomic mass is 19.1. The summed E-state index contributed by atoms with van der Waals surface area (Å²) in [5.74, 6) is 0.693. The van der Waals surface area contributed by atoms with Crippen molar-refractivity contribution in [2.75, 3.05) is 12.1 Å². The summed E-state index contributed by atoms with van der Waals surface area (Å²) in [5.41, 5.74) is 8.24. The number of halogens is 1. The van der Waals surface area contributed by atoms with E-state index in [-0.39, 0.29) is 5.82 Å². The fourth-order valence-corrected chi connectivity index (χ4v) is 3.28. The zero-order chi connectivity index (χ0) is 17.2. The van der Waals surface area contributed by atoms with Crippen LogP contribution in [-0.4, -0.2) is 11.8 Å². The van der Waals surface area contributed by atoms with E-state index in [1.54, 1.807) is 6.07 Å². The van der Waals surface area contributed by atoms with Gasteiger partial charge in [-0.3, -0.25) is 10.7 Å². The second kappa shape index (κ2) is 6.57. The molecule has 126 valence electrons. The molecule has 0 fully saturated rings. The molecule has 0 saturated heterocycles. The molecule has 0 saturated carbocycles. The second-order valence-corrected chi connectivity index (χ2v) is 6.23. The summed E-state index contributed by atoms with van der Waals surface area (Å²) in [6, 6.07) is 18.5. The topological polar surface area (TPSA) is 41.5 Å². The lowest BCUT2D eigenvalue weighted by molar-refractivity contribution is 0.358. The van der Waals surface area contributed by atoms with Crippen LogP contribution in [0.4, 0.5) is 10.1 Å². The summed E-state index contributed by atoms with van der Waals surface area (Å²) < 4.78 is 19.0. The van der Waals surface area contributed by atoms with Crippen molar-refractivity contribution in [3.05, 3.63) is 83.2 Å². The lowest BCUT2D eigenvalue weighted by Crippen LogP contribution is -1.94. The molecule has 0 spiro atoms. The van der Waals surface area contributed by atoms with E-state index in [0.717, 1.165) is 40.8 Å². The quantitative estimate of drug-likeness (QED) is 0.672. The molecular weight excluding hydrogens is 317 g/mol. The molecule has 0 aromatic heterocycles. The number of hydrogen-bond acceptors (Lipinski definition) is 3. The smallest absolute Gasteiger partial charge is 0.130 e. The van der Waals surface area contributed by atoms with Gasteiger partial charge in [0.25, 0.3) is 0 Å². The van der Waals surface area contributed by atoms with Crippen LogP contribution in [0.5, 0.6) is 5.75 Å². The third-order valence-corrected chi connectivity index (χ3v) is 4.47. The van der Waals surface area contributed by atoms with Crippen molar-refractivity contribution >= 4 is 5.69 Å². The van der Waals surface area contributed by atoms with Crippen molar-refractivity contribution in [2.45, 2.75) is 12.8 Å². The van der Waals surface area contributed by atoms with E-state index in [2.05, 4.69) is 17.6 Å². The van der Waals surface area contributed by atoms with Crippen LogP contribution in [0, 0.1) is 5.82 Å². The largest absolute Gasteiger partial charge is 0.492 e. The van der Waals surface area contributed by atoms with Gasteiger partial charge in [-0.1, -0.05) is 30.3 Å². The minimum Gasteiger partial charge on any atom is -0.492 e. The van der Waals surface area contributed by atoms with Gasteiger partial charge in [0, 0.05) is 12.0 Å². The first kappa shape index (κ1) is 15.7. The molecule has 1 aliphatic heterocycles. The van der Waals surface area contributed by atoms with Crippen molar-refractivity contribution < 1.29 is 14.3 Å². The minimum absolute atomic E-state index is 0.222. The van der Waals surface area contributed by atoms with Crippen LogP contribution >= 0.6 is 0 Å². The summed E-state index contributed by atoms with van der Waals surface area (Å²) in [4.78, 5) is 0. The van der Waals surface area contributed by atoms with Crippen molar-refractivity contribution in [3.63, 3.8) is 0 Å². The zero-order valence-electron chi connectivity index (χ0n) is 13.6. The number of anilines is 1. The van der Waals surface area contributed by atoms with Crippen LogP contribution in [0.25, 0.3) is 11.1 Å². The molecule has 1 heterocycles. The summed E-state index contributed by atoms with van der Waals surface area (Å²) >= 11 is 0. The van der Waals surface area contributed by atoms with Gasteiger partial charge in [0.2, 0.25) is 0 Å². The van der Waals surface area contributed by atoms with Crippen molar-refractivity contribution in [1.82, 2.24) is 0 Å². The number of hydrogen-bond donors (Lipinski definition) is 2. The Morgan fingerprint density at radius 2 is 1.84 bits per heavy atom. The van der Waals surface area contributed by atoms with Gasteiger partial charge in [-0.25, -0.2) is 4.39 Å². The number of benzene rings is 3. The molecule has 3 aromatic rings. The molecule has 3 aromatic carbocycles. The van der Waals surface area contributed by atoms with Crippen molar-refractivity contribution in [3.8, 4) is 16.9 Å². The second-order valence-electron chi connectivity index (χ2n) is 6.23. The highest BCUT2D eigenvalue weighted by molar-refractivity contribution is 5.76. The molecule has 4 rings (SSSR count). The van der Waals surface area contributed by atoms with Crippen LogP contribution in [0.15, 0.2) is 60.7 Å². The van der Waals surface area contributed by atoms with E-state index in [9.17, 15) is 4.39 Å². The maximum absolute atomic E-state index is 13.1. The fourth-order valence-electron chi connectivity index (χ4n) is 3.28. The fraction of sp³-hybridized carbons (Fsp3) is 0.143. The van der Waals surface area contributed by atoms with Gasteiger partial charge in [-0.2, -0.15) is 0 Å². The SMILES string of the molecule is ONc1cccc(-c2cc(Cc3ccc(F)cc3)cc3c2OCC3)c1. The Kier molecular flexibility index (Phi) is 4.12. The van der Waals surface area contributed by atoms with Gasteiger partial charge >= 0.3 is 0 Å². The van der Waals surface area contributed by atoms with E-state index >= 15 is 0 Å². The van der Waals surface area contributed by atoms with Gasteiger partial charge < -0.3 is 4.74 Å². The predicted molar refractivity (Wildman–Crippen MR) is 95.7 cm³/mol. The van der Waals surface area contributed by atoms with E-state index in [0.29, 0.717) is 12.3 Å². The molecule has 0 radical (unpaired) electrons. The van der Waals surface area contributed by atoms with Crippen molar-refractivity contribution in [1.29, 1.82) is 0 Å². The molecule has 0 amide bonds. The predicted octanol–water partition coefficient (Wildman–Crippen LogP) is 4.82. The molecule has 2 N–H and O–H groups in total. The summed E-state index contributed by atoms with van der Waals surface area (Å²) in [6.07, 6.45) is 1.62. The van der Waals surface area contributed by atoms with E-state index in [1.807, 2.05) is 30.3 Å². The van der Waals surface area contributed by atoms with Crippen LogP contribution in [0.3, 0.4) is 0 Å². The number of ether oxygens (including phenoxy) is 1. The van der Waals surface area contributed by atoms with Crippen LogP contribution in [0.2, 0.25) is 0 Å². The van der Waals surface area contributed by atoms with Gasteiger partial charge in [-0.15, -0.1) is 0 Å². The van der Waals surface area contributed by atoms with Crippen LogP contribution in [0.1, 0.15) is 16.7 Å². The highest BCUT2D eigenvalue weighted by Crippen LogP contribution is 2.39. The standard InChI is InChI=1S/C21H18FNO2/c22-18-6-4-14(5-7-18)10-15-11-17-8-9-25-21(17)20(12-15)16-2-1-3-19(13-16)23-24/h1-7,11-13,23-24H,8-10H2. The summed E-state index contributed by atoms with van der Waals surface area (Å²) in [5, 5.41) is 9.16. The Morgan fingerprint density at radius 1 is 1.00 bits per heavy atom. The summed E-state index contributed by atoms with van der Waals surface area (Å²) in [6.45, 7) is 0.681. The summed E-state index contributed by atoms with van der Waals surface area (Å²) in [7, 11) is 0. The lowest BCUT2D eigenvalue weighted by atomic mass is 9.94. The molecule has 3 nitrogen and oxygen atoms in total. The van der Waals surface area contributed by atoms with Gasteiger partial charge in [0.1, 0.15) is 11.6 Å². The minimum atomic E-state index is -0.222. The molecular formula is C21H18FNO2. The molecule has 1 aliphatic rings. The molecule has 4 heteroatoms. The number of fused-ring (bicyclic) bond motifs is 1. The van der Waals surface area contributed by atoms with Crippen LogP contribution < -0.4 is 10.2 Å². The third-order valence-electron chi connectivity index (χ3n) is 4.47.